The first-order valence-corrected chi connectivity index (χ1v) is 11.4. The number of nitrogens with one attached hydrogen (secondary N) is 1. The number of dihydropyridines is 1. The number of esters is 2. The third kappa shape index (κ3) is 4.99. The SMILES string of the molecule is CCOC(=O)C1=C(C(OC)C(=O)OCC)NC2=C(C(=O)CC(C)(C)C2)C1c1ccccc1Cl. The van der Waals surface area contributed by atoms with E-state index in [9.17, 15) is 14.4 Å². The fourth-order valence-electron chi connectivity index (χ4n) is 4.52. The molecule has 2 atom stereocenters. The minimum Gasteiger partial charge on any atom is -0.464 e. The van der Waals surface area contributed by atoms with Gasteiger partial charge in [-0.05, 0) is 37.3 Å². The van der Waals surface area contributed by atoms with Crippen LogP contribution >= 0.6 is 11.6 Å². The molecule has 0 bridgehead atoms. The van der Waals surface area contributed by atoms with Crippen LogP contribution in [-0.4, -0.2) is 44.1 Å². The van der Waals surface area contributed by atoms with E-state index in [4.69, 9.17) is 25.8 Å². The van der Waals surface area contributed by atoms with E-state index >= 15 is 0 Å². The van der Waals surface area contributed by atoms with E-state index in [0.29, 0.717) is 34.7 Å². The Labute approximate surface area is 199 Å². The van der Waals surface area contributed by atoms with Crippen LogP contribution in [0.5, 0.6) is 0 Å². The van der Waals surface area contributed by atoms with Crippen molar-refractivity contribution in [1.82, 2.24) is 5.32 Å². The molecule has 0 spiro atoms. The minimum absolute atomic E-state index is 0.0791. The Morgan fingerprint density at radius 3 is 2.42 bits per heavy atom. The molecule has 1 aromatic carbocycles. The fourth-order valence-corrected chi connectivity index (χ4v) is 4.77. The van der Waals surface area contributed by atoms with Crippen LogP contribution in [0.4, 0.5) is 0 Å². The van der Waals surface area contributed by atoms with Crippen molar-refractivity contribution < 1.29 is 28.6 Å². The molecule has 1 aliphatic carbocycles. The van der Waals surface area contributed by atoms with E-state index < -0.39 is 24.0 Å². The molecule has 1 aromatic rings. The standard InChI is InChI=1S/C25H30ClNO6/c1-6-32-23(29)20-18(14-10-8-9-11-15(14)26)19-16(12-25(3,4)13-17(19)28)27-21(20)22(31-5)24(30)33-7-2/h8-11,18,22,27H,6-7,12-13H2,1-5H3. The van der Waals surface area contributed by atoms with E-state index in [1.165, 1.54) is 7.11 Å². The van der Waals surface area contributed by atoms with Crippen molar-refractivity contribution in [3.8, 4) is 0 Å². The van der Waals surface area contributed by atoms with Crippen molar-refractivity contribution in [2.45, 2.75) is 52.6 Å². The summed E-state index contributed by atoms with van der Waals surface area (Å²) in [5, 5.41) is 3.61. The van der Waals surface area contributed by atoms with Crippen molar-refractivity contribution in [3.05, 3.63) is 57.4 Å². The van der Waals surface area contributed by atoms with Gasteiger partial charge in [-0.15, -0.1) is 0 Å². The topological polar surface area (TPSA) is 90.9 Å². The van der Waals surface area contributed by atoms with Gasteiger partial charge in [0.1, 0.15) is 0 Å². The van der Waals surface area contributed by atoms with E-state index in [0.717, 1.165) is 0 Å². The zero-order chi connectivity index (χ0) is 24.3. The average Bonchev–Trinajstić information content (AvgIpc) is 2.73. The Kier molecular flexibility index (Phi) is 7.65. The number of carbonyl (C=O) groups excluding carboxylic acids is 3. The molecule has 1 N–H and O–H groups in total. The summed E-state index contributed by atoms with van der Waals surface area (Å²) in [6.45, 7) is 7.66. The van der Waals surface area contributed by atoms with Crippen LogP contribution in [0.15, 0.2) is 46.8 Å². The smallest absolute Gasteiger partial charge is 0.341 e. The first-order valence-electron chi connectivity index (χ1n) is 11.0. The fraction of sp³-hybridized carbons (Fsp3) is 0.480. The largest absolute Gasteiger partial charge is 0.464 e. The summed E-state index contributed by atoms with van der Waals surface area (Å²) >= 11 is 6.56. The summed E-state index contributed by atoms with van der Waals surface area (Å²) in [6.07, 6.45) is -0.331. The first-order chi connectivity index (χ1) is 15.6. The zero-order valence-corrected chi connectivity index (χ0v) is 20.4. The lowest BCUT2D eigenvalue weighted by molar-refractivity contribution is -0.152. The van der Waals surface area contributed by atoms with Gasteiger partial charge in [0.25, 0.3) is 0 Å². The number of halogens is 1. The molecule has 0 fully saturated rings. The summed E-state index contributed by atoms with van der Waals surface area (Å²) in [5.41, 5.74) is 1.73. The first kappa shape index (κ1) is 25.0. The Bertz CT molecular complexity index is 1030. The molecule has 0 amide bonds. The Morgan fingerprint density at radius 1 is 1.15 bits per heavy atom. The lowest BCUT2D eigenvalue weighted by Gasteiger charge is -2.41. The van der Waals surface area contributed by atoms with Gasteiger partial charge < -0.3 is 19.5 Å². The number of Topliss-reactive ketones (excluding diaryl/α,β-unsaturated/α-hetero) is 1. The quantitative estimate of drug-likeness (QED) is 0.594. The number of ether oxygens (including phenoxy) is 3. The number of methoxy groups -OCH3 is 1. The van der Waals surface area contributed by atoms with Gasteiger partial charge in [0.05, 0.1) is 24.5 Å². The van der Waals surface area contributed by atoms with Gasteiger partial charge in [0, 0.05) is 35.7 Å². The van der Waals surface area contributed by atoms with Crippen molar-refractivity contribution in [2.24, 2.45) is 5.41 Å². The second kappa shape index (κ2) is 10.1. The molecule has 0 aromatic heterocycles. The summed E-state index contributed by atoms with van der Waals surface area (Å²) in [4.78, 5) is 39.5. The highest BCUT2D eigenvalue weighted by Gasteiger charge is 2.46. The number of rotatable bonds is 7. The van der Waals surface area contributed by atoms with Gasteiger partial charge in [-0.25, -0.2) is 9.59 Å². The van der Waals surface area contributed by atoms with Crippen LogP contribution in [0, 0.1) is 5.41 Å². The summed E-state index contributed by atoms with van der Waals surface area (Å²) < 4.78 is 16.1. The molecule has 2 aliphatic rings. The molecule has 7 nitrogen and oxygen atoms in total. The number of hydrogen-bond acceptors (Lipinski definition) is 7. The van der Waals surface area contributed by atoms with E-state index in [2.05, 4.69) is 5.32 Å². The minimum atomic E-state index is -1.21. The van der Waals surface area contributed by atoms with Crippen LogP contribution in [0.1, 0.15) is 52.0 Å². The Balaban J connectivity index is 2.32. The van der Waals surface area contributed by atoms with E-state index in [1.54, 1.807) is 38.1 Å². The van der Waals surface area contributed by atoms with Gasteiger partial charge in [-0.1, -0.05) is 43.6 Å². The molecule has 8 heteroatoms. The summed E-state index contributed by atoms with van der Waals surface area (Å²) in [5.74, 6) is -2.18. The molecule has 0 radical (unpaired) electrons. The maximum atomic E-state index is 13.4. The van der Waals surface area contributed by atoms with Crippen molar-refractivity contribution in [2.75, 3.05) is 20.3 Å². The predicted octanol–water partition coefficient (Wildman–Crippen LogP) is 4.07. The second-order valence-corrected chi connectivity index (χ2v) is 9.24. The van der Waals surface area contributed by atoms with Crippen LogP contribution in [0.3, 0.4) is 0 Å². The van der Waals surface area contributed by atoms with E-state index in [-0.39, 0.29) is 35.7 Å². The van der Waals surface area contributed by atoms with Crippen LogP contribution in [0.25, 0.3) is 0 Å². The van der Waals surface area contributed by atoms with Crippen LogP contribution in [0.2, 0.25) is 5.02 Å². The second-order valence-electron chi connectivity index (χ2n) is 8.83. The molecule has 2 unspecified atom stereocenters. The third-order valence-electron chi connectivity index (χ3n) is 5.78. The van der Waals surface area contributed by atoms with Crippen molar-refractivity contribution in [3.63, 3.8) is 0 Å². The Hall–Kier alpha value is -2.64. The zero-order valence-electron chi connectivity index (χ0n) is 19.6. The van der Waals surface area contributed by atoms with Crippen LogP contribution < -0.4 is 5.32 Å². The Morgan fingerprint density at radius 2 is 1.82 bits per heavy atom. The average molecular weight is 476 g/mol. The molecule has 0 saturated heterocycles. The molecule has 0 saturated carbocycles. The highest BCUT2D eigenvalue weighted by molar-refractivity contribution is 6.31. The maximum absolute atomic E-state index is 13.4. The molecule has 1 heterocycles. The molecule has 3 rings (SSSR count). The number of benzene rings is 1. The normalized spacial score (nSPS) is 20.7. The monoisotopic (exact) mass is 475 g/mol. The molecule has 178 valence electrons. The highest BCUT2D eigenvalue weighted by atomic mass is 35.5. The van der Waals surface area contributed by atoms with E-state index in [1.807, 2.05) is 13.8 Å². The van der Waals surface area contributed by atoms with Gasteiger partial charge in [0.2, 0.25) is 0 Å². The van der Waals surface area contributed by atoms with Gasteiger partial charge in [0.15, 0.2) is 11.9 Å². The number of ketones is 1. The molecular formula is C25H30ClNO6. The van der Waals surface area contributed by atoms with Crippen LogP contribution in [-0.2, 0) is 28.6 Å². The third-order valence-corrected chi connectivity index (χ3v) is 6.13. The molecule has 1 aliphatic heterocycles. The molecular weight excluding hydrogens is 446 g/mol. The number of carbonyl (C=O) groups is 3. The van der Waals surface area contributed by atoms with Crippen molar-refractivity contribution in [1.29, 1.82) is 0 Å². The number of allylic oxidation sites excluding steroid dienone is 2. The van der Waals surface area contributed by atoms with Crippen molar-refractivity contribution >= 4 is 29.3 Å². The molecule has 33 heavy (non-hydrogen) atoms. The highest BCUT2D eigenvalue weighted by Crippen LogP contribution is 2.48. The lowest BCUT2D eigenvalue weighted by Crippen LogP contribution is -2.44. The summed E-state index contributed by atoms with van der Waals surface area (Å²) in [7, 11) is 1.36. The van der Waals surface area contributed by atoms with Gasteiger partial charge >= 0.3 is 11.9 Å². The number of hydrogen-bond donors (Lipinski definition) is 1. The predicted molar refractivity (Wildman–Crippen MR) is 123 cm³/mol. The lowest BCUT2D eigenvalue weighted by atomic mass is 9.68. The van der Waals surface area contributed by atoms with Gasteiger partial charge in [-0.2, -0.15) is 0 Å². The van der Waals surface area contributed by atoms with Gasteiger partial charge in [-0.3, -0.25) is 4.79 Å². The maximum Gasteiger partial charge on any atom is 0.341 e. The summed E-state index contributed by atoms with van der Waals surface area (Å²) in [6, 6.07) is 7.05.